The molecular formula is C36H37ClN12. The average molecular weight is 673 g/mol. The largest absolute Gasteiger partial charge is 0.351 e. The number of benzene rings is 2. The maximum absolute atomic E-state index is 6.19. The molecule has 49 heavy (non-hydrogen) atoms. The molecule has 2 saturated heterocycles. The Bertz CT molecular complexity index is 2410. The average Bonchev–Trinajstić information content (AvgIpc) is 3.73. The highest BCUT2D eigenvalue weighted by Crippen LogP contribution is 2.28. The molecule has 0 spiro atoms. The van der Waals surface area contributed by atoms with Crippen LogP contribution in [0.4, 0.5) is 5.82 Å². The highest BCUT2D eigenvalue weighted by atomic mass is 35.5. The third-order valence-electron chi connectivity index (χ3n) is 9.05. The molecule has 12 nitrogen and oxygen atoms in total. The minimum absolute atomic E-state index is 0.395. The summed E-state index contributed by atoms with van der Waals surface area (Å²) in [6.45, 7) is 8.76. The van der Waals surface area contributed by atoms with Gasteiger partial charge in [-0.2, -0.15) is 0 Å². The summed E-state index contributed by atoms with van der Waals surface area (Å²) >= 11 is 6.19. The molecule has 0 bridgehead atoms. The van der Waals surface area contributed by atoms with Crippen LogP contribution in [0.5, 0.6) is 0 Å². The van der Waals surface area contributed by atoms with Crippen molar-refractivity contribution in [3.05, 3.63) is 90.3 Å². The number of nitrogens with one attached hydrogen (secondary N) is 1. The topological polar surface area (TPSA) is 108 Å². The molecule has 2 aromatic carbocycles. The van der Waals surface area contributed by atoms with Crippen LogP contribution in [0.2, 0.25) is 5.15 Å². The van der Waals surface area contributed by atoms with Crippen molar-refractivity contribution in [3.63, 3.8) is 0 Å². The lowest BCUT2D eigenvalue weighted by molar-refractivity contribution is 0.291. The molecule has 0 amide bonds. The zero-order valence-corrected chi connectivity index (χ0v) is 28.3. The lowest BCUT2D eigenvalue weighted by atomic mass is 10.3. The van der Waals surface area contributed by atoms with E-state index in [4.69, 9.17) is 21.6 Å². The Morgan fingerprint density at radius 1 is 0.531 bits per heavy atom. The maximum Gasteiger partial charge on any atom is 0.183 e. The smallest absolute Gasteiger partial charge is 0.183 e. The van der Waals surface area contributed by atoms with Crippen LogP contribution < -0.4 is 10.2 Å². The van der Waals surface area contributed by atoms with Gasteiger partial charge in [-0.1, -0.05) is 35.9 Å². The van der Waals surface area contributed by atoms with E-state index in [1.54, 1.807) is 6.20 Å². The first-order valence-electron chi connectivity index (χ1n) is 16.6. The van der Waals surface area contributed by atoms with E-state index in [2.05, 4.69) is 64.5 Å². The Labute approximate surface area is 288 Å². The van der Waals surface area contributed by atoms with Gasteiger partial charge in [-0.05, 0) is 62.6 Å². The molecule has 0 atom stereocenters. The van der Waals surface area contributed by atoms with Gasteiger partial charge in [-0.15, -0.1) is 0 Å². The van der Waals surface area contributed by atoms with Gasteiger partial charge in [0.2, 0.25) is 0 Å². The molecular weight excluding hydrogens is 636 g/mol. The number of likely N-dealkylation sites (N-methyl/N-ethyl adjacent to an activating group) is 2. The molecule has 0 saturated carbocycles. The summed E-state index contributed by atoms with van der Waals surface area (Å²) in [4.78, 5) is 34.5. The lowest BCUT2D eigenvalue weighted by Gasteiger charge is -2.33. The van der Waals surface area contributed by atoms with Crippen LogP contribution in [-0.4, -0.2) is 115 Å². The van der Waals surface area contributed by atoms with Gasteiger partial charge in [-0.25, -0.2) is 29.9 Å². The maximum atomic E-state index is 6.19. The van der Waals surface area contributed by atoms with Gasteiger partial charge < -0.3 is 20.0 Å². The highest BCUT2D eigenvalue weighted by molar-refractivity contribution is 6.33. The van der Waals surface area contributed by atoms with Gasteiger partial charge in [0, 0.05) is 64.8 Å². The Hall–Kier alpha value is -5.01. The number of aromatic nitrogens is 8. The van der Waals surface area contributed by atoms with E-state index in [1.807, 2.05) is 77.3 Å². The molecule has 13 heteroatoms. The molecule has 8 heterocycles. The van der Waals surface area contributed by atoms with Gasteiger partial charge in [0.05, 0.1) is 22.1 Å². The van der Waals surface area contributed by atoms with Gasteiger partial charge in [0.1, 0.15) is 11.0 Å². The number of piperazine rings is 2. The number of halogens is 1. The van der Waals surface area contributed by atoms with Gasteiger partial charge >= 0.3 is 0 Å². The molecule has 2 aliphatic rings. The first kappa shape index (κ1) is 31.3. The summed E-state index contributed by atoms with van der Waals surface area (Å²) < 4.78 is 4.09. The quantitative estimate of drug-likeness (QED) is 0.262. The van der Waals surface area contributed by atoms with Crippen LogP contribution >= 0.6 is 11.6 Å². The van der Waals surface area contributed by atoms with Crippen LogP contribution in [0.3, 0.4) is 0 Å². The summed E-state index contributed by atoms with van der Waals surface area (Å²) in [7, 11) is 4.31. The molecule has 8 aromatic rings. The second-order valence-corrected chi connectivity index (χ2v) is 12.8. The Kier molecular flexibility index (Phi) is 8.60. The molecule has 0 aliphatic carbocycles. The fourth-order valence-corrected chi connectivity index (χ4v) is 6.61. The highest BCUT2D eigenvalue weighted by Gasteiger charge is 2.22. The fraction of sp³-hybridized carbons (Fsp3) is 0.278. The van der Waals surface area contributed by atoms with Crippen molar-refractivity contribution in [1.82, 2.24) is 53.8 Å². The summed E-state index contributed by atoms with van der Waals surface area (Å²) in [6, 6.07) is 23.8. The number of hydrogen-bond donors (Lipinski definition) is 1. The van der Waals surface area contributed by atoms with Crippen molar-refractivity contribution < 1.29 is 0 Å². The summed E-state index contributed by atoms with van der Waals surface area (Å²) in [5.41, 5.74) is 8.77. The van der Waals surface area contributed by atoms with Gasteiger partial charge in [0.25, 0.3) is 0 Å². The second kappa shape index (κ2) is 13.5. The summed E-state index contributed by atoms with van der Waals surface area (Å²) in [5.74, 6) is 0.958. The monoisotopic (exact) mass is 672 g/mol. The molecule has 0 radical (unpaired) electrons. The lowest BCUT2D eigenvalue weighted by Crippen LogP contribution is -2.45. The number of hydrogen-bond acceptors (Lipinski definition) is 10. The van der Waals surface area contributed by atoms with Crippen molar-refractivity contribution in [3.8, 4) is 0 Å². The van der Waals surface area contributed by atoms with Crippen molar-refractivity contribution in [2.75, 3.05) is 71.4 Å². The number of pyridine rings is 2. The molecule has 10 rings (SSSR count). The third-order valence-corrected chi connectivity index (χ3v) is 9.30. The predicted octanol–water partition coefficient (Wildman–Crippen LogP) is 4.79. The van der Waals surface area contributed by atoms with E-state index in [1.165, 1.54) is 13.1 Å². The fourth-order valence-electron chi connectivity index (χ4n) is 6.39. The van der Waals surface area contributed by atoms with E-state index in [0.717, 1.165) is 95.1 Å². The molecule has 0 unspecified atom stereocenters. The van der Waals surface area contributed by atoms with E-state index < -0.39 is 0 Å². The van der Waals surface area contributed by atoms with Crippen LogP contribution in [0.25, 0.3) is 55.7 Å². The zero-order chi connectivity index (χ0) is 33.3. The summed E-state index contributed by atoms with van der Waals surface area (Å²) in [5, 5.41) is 3.67. The number of fused-ring (bicyclic) bond motifs is 10. The minimum atomic E-state index is 0.395. The normalized spacial score (nSPS) is 15.9. The Balaban J connectivity index is 0.000000122. The van der Waals surface area contributed by atoms with Crippen molar-refractivity contribution in [2.45, 2.75) is 0 Å². The molecule has 2 aliphatic heterocycles. The Morgan fingerprint density at radius 3 is 1.63 bits per heavy atom. The number of imidazole rings is 2. The molecule has 1 N–H and O–H groups in total. The second-order valence-electron chi connectivity index (χ2n) is 12.4. The number of para-hydroxylation sites is 4. The van der Waals surface area contributed by atoms with Crippen molar-refractivity contribution in [2.24, 2.45) is 0 Å². The van der Waals surface area contributed by atoms with E-state index in [9.17, 15) is 0 Å². The first-order valence-corrected chi connectivity index (χ1v) is 16.9. The number of rotatable bonds is 1. The van der Waals surface area contributed by atoms with Crippen LogP contribution in [0.1, 0.15) is 0 Å². The minimum Gasteiger partial charge on any atom is -0.351 e. The molecule has 2 fully saturated rings. The standard InChI is InChI=1S/C18H18N6.C13H7ClN4.C5H12N2/c1-22-9-11-23(12-10-22)17-18-20-13-5-2-3-7-15(13)24(18)16-14(21-17)6-4-8-19-16;14-11-13-17-8-4-1-2-6-10(8)18(13)12-9(16-11)5-3-7-15-12;1-7-4-2-6-3-5-7/h2-8H,9-12H2,1H3;1-7H;6H,2-5H2,1H3. The van der Waals surface area contributed by atoms with Crippen LogP contribution in [-0.2, 0) is 0 Å². The summed E-state index contributed by atoms with van der Waals surface area (Å²) in [6.07, 6.45) is 3.56. The van der Waals surface area contributed by atoms with Gasteiger partial charge in [0.15, 0.2) is 33.6 Å². The third kappa shape index (κ3) is 6.08. The van der Waals surface area contributed by atoms with E-state index in [0.29, 0.717) is 10.8 Å². The number of anilines is 1. The van der Waals surface area contributed by atoms with E-state index >= 15 is 0 Å². The van der Waals surface area contributed by atoms with Crippen LogP contribution in [0.15, 0.2) is 85.2 Å². The zero-order valence-electron chi connectivity index (χ0n) is 27.5. The predicted molar refractivity (Wildman–Crippen MR) is 197 cm³/mol. The van der Waals surface area contributed by atoms with Crippen molar-refractivity contribution >= 4 is 73.1 Å². The molecule has 6 aromatic heterocycles. The number of nitrogens with zero attached hydrogens (tertiary/aromatic N) is 11. The van der Waals surface area contributed by atoms with Crippen molar-refractivity contribution in [1.29, 1.82) is 0 Å². The van der Waals surface area contributed by atoms with Gasteiger partial charge in [-0.3, -0.25) is 8.80 Å². The van der Waals surface area contributed by atoms with E-state index in [-0.39, 0.29) is 0 Å². The van der Waals surface area contributed by atoms with Crippen LogP contribution in [0, 0.1) is 0 Å². The molecule has 248 valence electrons. The first-order chi connectivity index (χ1) is 24.0. The Morgan fingerprint density at radius 2 is 1.04 bits per heavy atom. The SMILES string of the molecule is CN1CCN(c2nc3cccnc3n3c2nc2ccccc23)CC1.CN1CCNCC1.Clc1nc2cccnc2n2c1nc1ccccc12.